The molecule has 9 nitrogen and oxygen atoms in total. The highest BCUT2D eigenvalue weighted by Crippen LogP contribution is 2.41. The number of aliphatic imine (C=N–C) groups is 1. The Labute approximate surface area is 297 Å². The Morgan fingerprint density at radius 3 is 2.34 bits per heavy atom. The lowest BCUT2D eigenvalue weighted by molar-refractivity contribution is -0.139. The van der Waals surface area contributed by atoms with E-state index in [-0.39, 0.29) is 17.9 Å². The highest BCUT2D eigenvalue weighted by Gasteiger charge is 2.45. The van der Waals surface area contributed by atoms with Crippen LogP contribution in [0.25, 0.3) is 17.3 Å². The van der Waals surface area contributed by atoms with Gasteiger partial charge in [0, 0.05) is 67.8 Å². The largest absolute Gasteiger partial charge is 0.447 e. The van der Waals surface area contributed by atoms with Crippen LogP contribution >= 0.6 is 0 Å². The summed E-state index contributed by atoms with van der Waals surface area (Å²) in [6, 6.07) is 11.5. The van der Waals surface area contributed by atoms with E-state index in [1.54, 1.807) is 0 Å². The Morgan fingerprint density at radius 2 is 1.70 bits per heavy atom. The fraction of sp³-hybridized carbons (Fsp3) is 0.512. The fourth-order valence-electron chi connectivity index (χ4n) is 8.15. The first-order valence-corrected chi connectivity index (χ1v) is 18.4. The third-order valence-corrected chi connectivity index (χ3v) is 10.6. The molecule has 3 aromatic rings. The number of guanidine groups is 1. The van der Waals surface area contributed by atoms with Crippen molar-refractivity contribution in [2.24, 2.45) is 10.4 Å². The first-order valence-electron chi connectivity index (χ1n) is 18.4. The molecular formula is C41H54N6O3. The van der Waals surface area contributed by atoms with Crippen LogP contribution in [0.15, 0.2) is 60.0 Å². The van der Waals surface area contributed by atoms with Crippen molar-refractivity contribution in [2.45, 2.75) is 111 Å². The molecule has 266 valence electrons. The molecule has 3 saturated heterocycles. The van der Waals surface area contributed by atoms with E-state index in [0.29, 0.717) is 30.5 Å². The van der Waals surface area contributed by atoms with Gasteiger partial charge in [-0.1, -0.05) is 36.3 Å². The molecule has 1 unspecified atom stereocenters. The maximum atomic E-state index is 13.8. The molecule has 1 aromatic carbocycles. The first-order chi connectivity index (χ1) is 23.9. The van der Waals surface area contributed by atoms with Gasteiger partial charge < -0.3 is 19.5 Å². The number of hydrogen-bond acceptors (Lipinski definition) is 5. The average Bonchev–Trinajstić information content (AvgIpc) is 3.89. The normalized spacial score (nSPS) is 21.4. The predicted molar refractivity (Wildman–Crippen MR) is 200 cm³/mol. The van der Waals surface area contributed by atoms with Gasteiger partial charge in [0.1, 0.15) is 0 Å². The van der Waals surface area contributed by atoms with Crippen LogP contribution < -0.4 is 5.32 Å². The van der Waals surface area contributed by atoms with Crippen molar-refractivity contribution >= 4 is 24.0 Å². The molecule has 0 spiro atoms. The van der Waals surface area contributed by atoms with Crippen molar-refractivity contribution in [3.05, 3.63) is 82.8 Å². The van der Waals surface area contributed by atoms with E-state index in [4.69, 9.17) is 9.73 Å². The van der Waals surface area contributed by atoms with E-state index < -0.39 is 11.5 Å². The third kappa shape index (κ3) is 7.82. The summed E-state index contributed by atoms with van der Waals surface area (Å²) in [7, 11) is 0. The van der Waals surface area contributed by atoms with Crippen LogP contribution in [0.4, 0.5) is 4.79 Å². The number of nitrogens with zero attached hydrogens (tertiary/aromatic N) is 4. The minimum Gasteiger partial charge on any atom is -0.447 e. The molecule has 2 bridgehead atoms. The second-order valence-corrected chi connectivity index (χ2v) is 15.5. The second kappa shape index (κ2) is 14.8. The van der Waals surface area contributed by atoms with Gasteiger partial charge in [0.2, 0.25) is 11.9 Å². The molecule has 6 rings (SSSR count). The van der Waals surface area contributed by atoms with Crippen molar-refractivity contribution in [2.75, 3.05) is 19.6 Å². The van der Waals surface area contributed by atoms with Gasteiger partial charge in [0.05, 0.1) is 11.5 Å². The van der Waals surface area contributed by atoms with Gasteiger partial charge in [0.15, 0.2) is 0 Å². The van der Waals surface area contributed by atoms with E-state index in [2.05, 4.69) is 94.5 Å². The van der Waals surface area contributed by atoms with Crippen LogP contribution in [0.2, 0.25) is 0 Å². The number of alkyl carbamates (subject to hydrolysis) is 1. The highest BCUT2D eigenvalue weighted by atomic mass is 16.6. The molecule has 50 heavy (non-hydrogen) atoms. The van der Waals surface area contributed by atoms with Crippen molar-refractivity contribution in [3.8, 4) is 11.3 Å². The molecule has 3 aliphatic rings. The molecule has 2 N–H and O–H groups in total. The minimum absolute atomic E-state index is 0.0125. The average molecular weight is 679 g/mol. The van der Waals surface area contributed by atoms with Crippen LogP contribution in [-0.4, -0.2) is 75.5 Å². The Hall–Kier alpha value is -4.40. The van der Waals surface area contributed by atoms with Gasteiger partial charge in [-0.2, -0.15) is 0 Å². The Kier molecular flexibility index (Phi) is 10.5. The Bertz CT molecular complexity index is 1700. The second-order valence-electron chi connectivity index (χ2n) is 15.5. The van der Waals surface area contributed by atoms with Gasteiger partial charge in [-0.25, -0.2) is 4.79 Å². The fourth-order valence-corrected chi connectivity index (χ4v) is 8.15. The quantitative estimate of drug-likeness (QED) is 0.177. The highest BCUT2D eigenvalue weighted by molar-refractivity contribution is 5.94. The number of fused-ring (bicyclic) bond motifs is 2. The van der Waals surface area contributed by atoms with Crippen LogP contribution in [0.1, 0.15) is 106 Å². The summed E-state index contributed by atoms with van der Waals surface area (Å²) in [4.78, 5) is 43.9. The summed E-state index contributed by atoms with van der Waals surface area (Å²) < 4.78 is 5.48. The number of carbonyl (C=O) groups is 2. The number of hydrogen-bond donors (Lipinski definition) is 2. The number of benzene rings is 1. The van der Waals surface area contributed by atoms with Gasteiger partial charge in [-0.3, -0.25) is 20.1 Å². The van der Waals surface area contributed by atoms with Gasteiger partial charge in [-0.05, 0) is 120 Å². The molecule has 2 aromatic heterocycles. The molecule has 0 radical (unpaired) electrons. The number of pyridine rings is 1. The zero-order chi connectivity index (χ0) is 35.6. The predicted octanol–water partition coefficient (Wildman–Crippen LogP) is 7.97. The molecule has 3 aliphatic heterocycles. The lowest BCUT2D eigenvalue weighted by atomic mass is 9.88. The summed E-state index contributed by atoms with van der Waals surface area (Å²) in [5, 5.41) is 2.97. The summed E-state index contributed by atoms with van der Waals surface area (Å²) in [6.45, 7) is 16.2. The number of rotatable bonds is 9. The third-order valence-electron chi connectivity index (χ3n) is 10.6. The standard InChI is InChI=1S/C41H54N6O3/c1-26(2)50-40(49)45-39(46-19-15-32(25-46)30-13-17-42-18-14-30)44-23-29(5)36-31(24-43-37(36)33-21-27(3)20-28(4)22-33)12-16-41(6,7)38(48)47-34-8-9-35(47)11-10-34/h12-14,16-18,20-22,24,26,29,32,34-35,43H,8-11,15,19,23,25H2,1-7H3,(H,44,45,49)/t29-,32?,34?,35?/m1/s1. The summed E-state index contributed by atoms with van der Waals surface area (Å²) in [5.74, 6) is 1.07. The molecule has 2 atom stereocenters. The maximum Gasteiger partial charge on any atom is 0.414 e. The molecular weight excluding hydrogens is 624 g/mol. The number of aryl methyl sites for hydroxylation is 2. The molecule has 2 amide bonds. The molecule has 0 saturated carbocycles. The number of ether oxygens (including phenoxy) is 1. The minimum atomic E-state index is -0.629. The summed E-state index contributed by atoms with van der Waals surface area (Å²) in [6.07, 6.45) is 14.6. The lowest BCUT2D eigenvalue weighted by Gasteiger charge is -2.30. The van der Waals surface area contributed by atoms with Crippen LogP contribution in [0.5, 0.6) is 0 Å². The van der Waals surface area contributed by atoms with Crippen molar-refractivity contribution in [1.82, 2.24) is 25.1 Å². The molecule has 5 heterocycles. The smallest absolute Gasteiger partial charge is 0.414 e. The van der Waals surface area contributed by atoms with Crippen LogP contribution in [-0.2, 0) is 9.53 Å². The zero-order valence-corrected chi connectivity index (χ0v) is 30.8. The van der Waals surface area contributed by atoms with Gasteiger partial charge in [0.25, 0.3) is 0 Å². The Balaban J connectivity index is 1.30. The van der Waals surface area contributed by atoms with E-state index in [0.717, 1.165) is 67.6 Å². The maximum absolute atomic E-state index is 13.8. The summed E-state index contributed by atoms with van der Waals surface area (Å²) in [5.41, 5.74) is 7.35. The number of H-pyrrole nitrogens is 1. The molecule has 9 heteroatoms. The van der Waals surface area contributed by atoms with Gasteiger partial charge >= 0.3 is 6.09 Å². The SMILES string of the molecule is Cc1cc(C)cc(-c2[nH]cc(C=CC(C)(C)C(=O)N3C4CCC3CC4)c2[C@H](C)CN=C(NC(=O)OC(C)C)N2CCC(c3ccncc3)C2)c1. The molecule has 3 fully saturated rings. The van der Waals surface area contributed by atoms with E-state index >= 15 is 0 Å². The van der Waals surface area contributed by atoms with E-state index in [1.807, 2.05) is 40.1 Å². The van der Waals surface area contributed by atoms with Crippen LogP contribution in [0, 0.1) is 19.3 Å². The van der Waals surface area contributed by atoms with E-state index in [1.165, 1.54) is 16.7 Å². The lowest BCUT2D eigenvalue weighted by Crippen LogP contribution is -2.44. The van der Waals surface area contributed by atoms with Crippen molar-refractivity contribution < 1.29 is 14.3 Å². The van der Waals surface area contributed by atoms with E-state index in [9.17, 15) is 9.59 Å². The zero-order valence-electron chi connectivity index (χ0n) is 30.8. The first kappa shape index (κ1) is 35.4. The van der Waals surface area contributed by atoms with Crippen molar-refractivity contribution in [1.29, 1.82) is 0 Å². The van der Waals surface area contributed by atoms with Crippen molar-refractivity contribution in [3.63, 3.8) is 0 Å². The van der Waals surface area contributed by atoms with Gasteiger partial charge in [-0.15, -0.1) is 0 Å². The monoisotopic (exact) mass is 678 g/mol. The van der Waals surface area contributed by atoms with Crippen LogP contribution in [0.3, 0.4) is 0 Å². The number of likely N-dealkylation sites (tertiary alicyclic amines) is 1. The molecule has 0 aliphatic carbocycles. The number of aromatic nitrogens is 2. The number of nitrogens with one attached hydrogen (secondary N) is 2. The topological polar surface area (TPSA) is 103 Å². The number of amides is 2. The number of aromatic amines is 1. The summed E-state index contributed by atoms with van der Waals surface area (Å²) >= 11 is 0. The number of carbonyl (C=O) groups excluding carboxylic acids is 2. The Morgan fingerprint density at radius 1 is 1.04 bits per heavy atom.